The molecule has 0 saturated heterocycles. The van der Waals surface area contributed by atoms with Gasteiger partial charge < -0.3 is 15.0 Å². The summed E-state index contributed by atoms with van der Waals surface area (Å²) in [7, 11) is 3.17. The number of hydrogen-bond donors (Lipinski definition) is 1. The van der Waals surface area contributed by atoms with E-state index in [2.05, 4.69) is 5.32 Å². The monoisotopic (exact) mass is 364 g/mol. The van der Waals surface area contributed by atoms with Gasteiger partial charge in [-0.3, -0.25) is 4.79 Å². The minimum Gasteiger partial charge on any atom is -0.452 e. The molecule has 0 saturated carbocycles. The molecule has 0 heterocycles. The first kappa shape index (κ1) is 18.7. The Balaban J connectivity index is 1.96. The maximum Gasteiger partial charge on any atom is 0.340 e. The van der Waals surface area contributed by atoms with Crippen LogP contribution in [-0.4, -0.2) is 37.5 Å². The predicted molar refractivity (Wildman–Crippen MR) is 94.2 cm³/mol. The van der Waals surface area contributed by atoms with Crippen molar-refractivity contribution in [3.63, 3.8) is 0 Å². The highest BCUT2D eigenvalue weighted by Gasteiger charge is 2.17. The Morgan fingerprint density at radius 3 is 2.60 bits per heavy atom. The number of ether oxygens (including phenoxy) is 1. The van der Waals surface area contributed by atoms with Crippen molar-refractivity contribution in [3.8, 4) is 0 Å². The Labute approximate surface area is 150 Å². The van der Waals surface area contributed by atoms with E-state index in [9.17, 15) is 14.0 Å². The third kappa shape index (κ3) is 4.70. The van der Waals surface area contributed by atoms with E-state index in [0.29, 0.717) is 11.3 Å². The average Bonchev–Trinajstić information content (AvgIpc) is 2.62. The second kappa shape index (κ2) is 8.48. The van der Waals surface area contributed by atoms with Crippen molar-refractivity contribution < 1.29 is 18.7 Å². The lowest BCUT2D eigenvalue weighted by molar-refractivity contribution is -0.133. The van der Waals surface area contributed by atoms with Gasteiger partial charge in [-0.2, -0.15) is 0 Å². The van der Waals surface area contributed by atoms with Gasteiger partial charge in [-0.05, 0) is 24.3 Å². The van der Waals surface area contributed by atoms with E-state index in [1.807, 2.05) is 0 Å². The molecule has 0 bridgehead atoms. The molecule has 5 nitrogen and oxygen atoms in total. The number of amides is 1. The topological polar surface area (TPSA) is 58.6 Å². The summed E-state index contributed by atoms with van der Waals surface area (Å²) in [5.41, 5.74) is 1.15. The summed E-state index contributed by atoms with van der Waals surface area (Å²) in [6.07, 6.45) is 0. The van der Waals surface area contributed by atoms with Gasteiger partial charge in [0.2, 0.25) is 0 Å². The molecule has 0 aliphatic rings. The van der Waals surface area contributed by atoms with Crippen molar-refractivity contribution in [2.24, 2.45) is 0 Å². The lowest BCUT2D eigenvalue weighted by atomic mass is 10.2. The third-order valence-electron chi connectivity index (χ3n) is 3.63. The molecule has 1 N–H and O–H groups in total. The van der Waals surface area contributed by atoms with Crippen LogP contribution in [0.5, 0.6) is 0 Å². The van der Waals surface area contributed by atoms with Crippen LogP contribution >= 0.6 is 11.6 Å². The van der Waals surface area contributed by atoms with Crippen molar-refractivity contribution in [2.75, 3.05) is 26.0 Å². The Kier molecular flexibility index (Phi) is 6.36. The number of para-hydroxylation sites is 1. The SMILES string of the molecule is CNc1ccccc1C(=O)OCC(=O)N(C)Cc1c(F)cccc1Cl. The number of hydrogen-bond acceptors (Lipinski definition) is 4. The predicted octanol–water partition coefficient (Wildman–Crippen LogP) is 3.34. The Hall–Kier alpha value is -2.60. The molecule has 2 rings (SSSR count). The zero-order valence-electron chi connectivity index (χ0n) is 13.9. The summed E-state index contributed by atoms with van der Waals surface area (Å²) < 4.78 is 18.8. The van der Waals surface area contributed by atoms with Crippen LogP contribution in [0.4, 0.5) is 10.1 Å². The summed E-state index contributed by atoms with van der Waals surface area (Å²) in [6.45, 7) is -0.464. The van der Waals surface area contributed by atoms with Crippen LogP contribution in [0.1, 0.15) is 15.9 Å². The van der Waals surface area contributed by atoms with Crippen LogP contribution in [0.25, 0.3) is 0 Å². The standard InChI is InChI=1S/C18H18ClFN2O3/c1-21-16-9-4-3-6-12(16)18(24)25-11-17(23)22(2)10-13-14(19)7-5-8-15(13)20/h3-9,21H,10-11H2,1-2H3. The van der Waals surface area contributed by atoms with Crippen LogP contribution < -0.4 is 5.32 Å². The van der Waals surface area contributed by atoms with Gasteiger partial charge in [-0.25, -0.2) is 9.18 Å². The third-order valence-corrected chi connectivity index (χ3v) is 3.98. The molecule has 0 fully saturated rings. The Bertz CT molecular complexity index is 762. The summed E-state index contributed by atoms with van der Waals surface area (Å²) in [6, 6.07) is 11.1. The average molecular weight is 365 g/mol. The summed E-state index contributed by atoms with van der Waals surface area (Å²) in [5.74, 6) is -1.57. The number of esters is 1. The smallest absolute Gasteiger partial charge is 0.340 e. The van der Waals surface area contributed by atoms with Gasteiger partial charge in [0.25, 0.3) is 5.91 Å². The van der Waals surface area contributed by atoms with Crippen molar-refractivity contribution in [3.05, 3.63) is 64.4 Å². The number of nitrogens with one attached hydrogen (secondary N) is 1. The fourth-order valence-electron chi connectivity index (χ4n) is 2.20. The quantitative estimate of drug-likeness (QED) is 0.799. The number of carbonyl (C=O) groups is 2. The fraction of sp³-hybridized carbons (Fsp3) is 0.222. The minimum atomic E-state index is -0.615. The van der Waals surface area contributed by atoms with Gasteiger partial charge in [-0.1, -0.05) is 29.8 Å². The Morgan fingerprint density at radius 2 is 1.92 bits per heavy atom. The number of likely N-dealkylation sites (N-methyl/N-ethyl adjacent to an activating group) is 1. The van der Waals surface area contributed by atoms with Crippen molar-refractivity contribution in [1.29, 1.82) is 0 Å². The number of anilines is 1. The normalized spacial score (nSPS) is 10.2. The molecule has 0 spiro atoms. The molecule has 25 heavy (non-hydrogen) atoms. The fourth-order valence-corrected chi connectivity index (χ4v) is 2.43. The molecule has 0 radical (unpaired) electrons. The molecule has 0 unspecified atom stereocenters. The first-order valence-corrected chi connectivity index (χ1v) is 7.92. The van der Waals surface area contributed by atoms with Crippen LogP contribution in [0.2, 0.25) is 5.02 Å². The highest BCUT2D eigenvalue weighted by Crippen LogP contribution is 2.20. The minimum absolute atomic E-state index is 0.0189. The van der Waals surface area contributed by atoms with E-state index in [-0.39, 0.29) is 17.1 Å². The zero-order valence-corrected chi connectivity index (χ0v) is 14.6. The van der Waals surface area contributed by atoms with E-state index < -0.39 is 24.3 Å². The first-order chi connectivity index (χ1) is 11.9. The lowest BCUT2D eigenvalue weighted by Crippen LogP contribution is -2.31. The highest BCUT2D eigenvalue weighted by atomic mass is 35.5. The van der Waals surface area contributed by atoms with E-state index >= 15 is 0 Å². The number of carbonyl (C=O) groups excluding carboxylic acids is 2. The second-order valence-corrected chi connectivity index (χ2v) is 5.73. The number of halogens is 2. The van der Waals surface area contributed by atoms with Crippen LogP contribution in [0.3, 0.4) is 0 Å². The van der Waals surface area contributed by atoms with E-state index in [4.69, 9.17) is 16.3 Å². The van der Waals surface area contributed by atoms with Gasteiger partial charge in [0.05, 0.1) is 5.56 Å². The number of nitrogens with zero attached hydrogens (tertiary/aromatic N) is 1. The maximum absolute atomic E-state index is 13.8. The Morgan fingerprint density at radius 1 is 1.20 bits per heavy atom. The summed E-state index contributed by atoms with van der Waals surface area (Å²) >= 11 is 5.95. The van der Waals surface area contributed by atoms with Gasteiger partial charge in [0, 0.05) is 36.9 Å². The van der Waals surface area contributed by atoms with Crippen molar-refractivity contribution in [2.45, 2.75) is 6.54 Å². The molecule has 0 aliphatic heterocycles. The zero-order chi connectivity index (χ0) is 18.4. The van der Waals surface area contributed by atoms with Crippen LogP contribution in [0.15, 0.2) is 42.5 Å². The second-order valence-electron chi connectivity index (χ2n) is 5.32. The largest absolute Gasteiger partial charge is 0.452 e. The molecule has 1 amide bonds. The number of rotatable bonds is 6. The molecule has 2 aromatic carbocycles. The molecule has 7 heteroatoms. The molecule has 0 aliphatic carbocycles. The van der Waals surface area contributed by atoms with Gasteiger partial charge in [-0.15, -0.1) is 0 Å². The van der Waals surface area contributed by atoms with Crippen molar-refractivity contribution >= 4 is 29.2 Å². The van der Waals surface area contributed by atoms with Gasteiger partial charge in [0.15, 0.2) is 6.61 Å². The van der Waals surface area contributed by atoms with E-state index in [0.717, 1.165) is 0 Å². The molecular formula is C18H18ClFN2O3. The van der Waals surface area contributed by atoms with E-state index in [1.54, 1.807) is 37.4 Å². The molecule has 0 aromatic heterocycles. The summed E-state index contributed by atoms with van der Waals surface area (Å²) in [4.78, 5) is 25.5. The van der Waals surface area contributed by atoms with Crippen LogP contribution in [0, 0.1) is 5.82 Å². The van der Waals surface area contributed by atoms with Crippen molar-refractivity contribution in [1.82, 2.24) is 4.90 Å². The molecule has 0 atom stereocenters. The van der Waals surface area contributed by atoms with Crippen LogP contribution in [-0.2, 0) is 16.1 Å². The maximum atomic E-state index is 13.8. The first-order valence-electron chi connectivity index (χ1n) is 7.54. The number of benzene rings is 2. The highest BCUT2D eigenvalue weighted by molar-refractivity contribution is 6.31. The lowest BCUT2D eigenvalue weighted by Gasteiger charge is -2.18. The van der Waals surface area contributed by atoms with Gasteiger partial charge >= 0.3 is 5.97 Å². The van der Waals surface area contributed by atoms with E-state index in [1.165, 1.54) is 24.1 Å². The molecule has 2 aromatic rings. The summed E-state index contributed by atoms with van der Waals surface area (Å²) in [5, 5.41) is 3.12. The molecular weight excluding hydrogens is 347 g/mol. The molecule has 132 valence electrons. The van der Waals surface area contributed by atoms with Gasteiger partial charge in [0.1, 0.15) is 5.82 Å².